The summed E-state index contributed by atoms with van der Waals surface area (Å²) in [6, 6.07) is -0.473. The Morgan fingerprint density at radius 3 is 2.65 bits per heavy atom. The smallest absolute Gasteiger partial charge is 0.245 e. The van der Waals surface area contributed by atoms with Gasteiger partial charge in [-0.25, -0.2) is 0 Å². The highest BCUT2D eigenvalue weighted by Gasteiger charge is 2.37. The van der Waals surface area contributed by atoms with E-state index in [0.717, 1.165) is 5.57 Å². The monoisotopic (exact) mass is 282 g/mol. The third-order valence-electron chi connectivity index (χ3n) is 3.19. The van der Waals surface area contributed by atoms with Gasteiger partial charge in [0.15, 0.2) is 0 Å². The van der Waals surface area contributed by atoms with Crippen molar-refractivity contribution >= 4 is 11.8 Å². The number of amides is 2. The first-order chi connectivity index (χ1) is 9.21. The first-order valence-electron chi connectivity index (χ1n) is 7.02. The van der Waals surface area contributed by atoms with Crippen molar-refractivity contribution in [2.24, 2.45) is 5.41 Å². The summed E-state index contributed by atoms with van der Waals surface area (Å²) >= 11 is 0. The minimum atomic E-state index is -0.473. The zero-order chi connectivity index (χ0) is 15.3. The van der Waals surface area contributed by atoms with Gasteiger partial charge in [0.25, 0.3) is 0 Å². The van der Waals surface area contributed by atoms with Crippen LogP contribution in [0.2, 0.25) is 0 Å². The molecular formula is C15H26N2O3. The van der Waals surface area contributed by atoms with Gasteiger partial charge in [-0.3, -0.25) is 9.59 Å². The molecular weight excluding hydrogens is 256 g/mol. The molecule has 0 saturated carbocycles. The molecule has 5 nitrogen and oxygen atoms in total. The van der Waals surface area contributed by atoms with Gasteiger partial charge in [-0.05, 0) is 12.3 Å². The van der Waals surface area contributed by atoms with Crippen molar-refractivity contribution in [3.05, 3.63) is 12.2 Å². The Bertz CT molecular complexity index is 385. The van der Waals surface area contributed by atoms with Crippen LogP contribution >= 0.6 is 0 Å². The summed E-state index contributed by atoms with van der Waals surface area (Å²) in [7, 11) is 0. The van der Waals surface area contributed by atoms with Gasteiger partial charge in [-0.1, -0.05) is 32.9 Å². The van der Waals surface area contributed by atoms with Crippen molar-refractivity contribution < 1.29 is 14.3 Å². The van der Waals surface area contributed by atoms with Gasteiger partial charge in [0, 0.05) is 19.5 Å². The van der Waals surface area contributed by atoms with Gasteiger partial charge in [0.1, 0.15) is 6.04 Å². The number of nitrogens with one attached hydrogen (secondary N) is 1. The lowest BCUT2D eigenvalue weighted by Crippen LogP contribution is -2.52. The molecule has 0 aromatic rings. The Morgan fingerprint density at radius 2 is 2.10 bits per heavy atom. The van der Waals surface area contributed by atoms with Crippen LogP contribution in [0.15, 0.2) is 12.2 Å². The number of rotatable bonds is 5. The van der Waals surface area contributed by atoms with Crippen molar-refractivity contribution in [2.45, 2.75) is 40.2 Å². The van der Waals surface area contributed by atoms with Gasteiger partial charge in [-0.2, -0.15) is 0 Å². The SMILES string of the molecule is C=C(C)COCCN1CCC(=O)NC(C(C)(C)C)C1=O. The van der Waals surface area contributed by atoms with E-state index in [4.69, 9.17) is 4.74 Å². The number of hydrogen-bond donors (Lipinski definition) is 1. The fraction of sp³-hybridized carbons (Fsp3) is 0.733. The van der Waals surface area contributed by atoms with Gasteiger partial charge in [-0.15, -0.1) is 0 Å². The van der Waals surface area contributed by atoms with Gasteiger partial charge < -0.3 is 15.0 Å². The third kappa shape index (κ3) is 4.96. The molecule has 1 aliphatic rings. The van der Waals surface area contributed by atoms with Crippen molar-refractivity contribution in [2.75, 3.05) is 26.3 Å². The largest absolute Gasteiger partial charge is 0.375 e. The fourth-order valence-electron chi connectivity index (χ4n) is 2.05. The Morgan fingerprint density at radius 1 is 1.45 bits per heavy atom. The molecule has 1 aliphatic heterocycles. The third-order valence-corrected chi connectivity index (χ3v) is 3.19. The lowest BCUT2D eigenvalue weighted by Gasteiger charge is -2.32. The minimum Gasteiger partial charge on any atom is -0.375 e. The molecule has 0 aliphatic carbocycles. The molecule has 1 heterocycles. The van der Waals surface area contributed by atoms with Crippen molar-refractivity contribution in [1.29, 1.82) is 0 Å². The summed E-state index contributed by atoms with van der Waals surface area (Å²) in [5.74, 6) is -0.0918. The molecule has 20 heavy (non-hydrogen) atoms. The first kappa shape index (κ1) is 16.7. The van der Waals surface area contributed by atoms with E-state index in [0.29, 0.717) is 32.7 Å². The highest BCUT2D eigenvalue weighted by Crippen LogP contribution is 2.22. The molecule has 1 atom stereocenters. The van der Waals surface area contributed by atoms with Gasteiger partial charge in [0.2, 0.25) is 11.8 Å². The lowest BCUT2D eigenvalue weighted by molar-refractivity contribution is -0.137. The normalized spacial score (nSPS) is 20.6. The molecule has 2 amide bonds. The van der Waals surface area contributed by atoms with Crippen molar-refractivity contribution in [1.82, 2.24) is 10.2 Å². The number of nitrogens with zero attached hydrogens (tertiary/aromatic N) is 1. The van der Waals surface area contributed by atoms with Crippen LogP contribution in [0.5, 0.6) is 0 Å². The van der Waals surface area contributed by atoms with Crippen molar-refractivity contribution in [3.63, 3.8) is 0 Å². The van der Waals surface area contributed by atoms with E-state index in [1.807, 2.05) is 27.7 Å². The minimum absolute atomic E-state index is 0.0257. The second kappa shape index (κ2) is 6.88. The van der Waals surface area contributed by atoms with E-state index in [-0.39, 0.29) is 17.2 Å². The van der Waals surface area contributed by atoms with Crippen LogP contribution < -0.4 is 5.32 Å². The summed E-state index contributed by atoms with van der Waals surface area (Å²) in [5.41, 5.74) is 0.657. The van der Waals surface area contributed by atoms with Gasteiger partial charge >= 0.3 is 0 Å². The molecule has 1 fully saturated rings. The standard InChI is InChI=1S/C15H26N2O3/c1-11(2)10-20-9-8-17-7-6-12(18)16-13(14(17)19)15(3,4)5/h13H,1,6-10H2,2-5H3,(H,16,18). The Hall–Kier alpha value is -1.36. The average Bonchev–Trinajstić information content (AvgIpc) is 2.45. The second-order valence-electron chi connectivity index (χ2n) is 6.45. The number of carbonyl (C=O) groups is 2. The van der Waals surface area contributed by atoms with E-state index >= 15 is 0 Å². The molecule has 1 unspecified atom stereocenters. The maximum atomic E-state index is 12.5. The van der Waals surface area contributed by atoms with E-state index < -0.39 is 6.04 Å². The Kier molecular flexibility index (Phi) is 5.74. The maximum absolute atomic E-state index is 12.5. The molecule has 0 bridgehead atoms. The number of hydrogen-bond acceptors (Lipinski definition) is 3. The summed E-state index contributed by atoms with van der Waals surface area (Å²) in [6.45, 7) is 13.5. The molecule has 1 saturated heterocycles. The van der Waals surface area contributed by atoms with E-state index in [2.05, 4.69) is 11.9 Å². The zero-order valence-corrected chi connectivity index (χ0v) is 13.0. The van der Waals surface area contributed by atoms with Crippen LogP contribution in [-0.2, 0) is 14.3 Å². The highest BCUT2D eigenvalue weighted by molar-refractivity contribution is 5.90. The van der Waals surface area contributed by atoms with Crippen LogP contribution in [0.25, 0.3) is 0 Å². The van der Waals surface area contributed by atoms with E-state index in [1.54, 1.807) is 4.90 Å². The molecule has 1 N–H and O–H groups in total. The fourth-order valence-corrected chi connectivity index (χ4v) is 2.05. The van der Waals surface area contributed by atoms with Crippen LogP contribution in [0.4, 0.5) is 0 Å². The molecule has 1 rings (SSSR count). The lowest BCUT2D eigenvalue weighted by atomic mass is 9.86. The molecule has 0 aromatic heterocycles. The molecule has 0 aromatic carbocycles. The van der Waals surface area contributed by atoms with E-state index in [9.17, 15) is 9.59 Å². The Balaban J connectivity index is 2.63. The number of carbonyl (C=O) groups excluding carboxylic acids is 2. The summed E-state index contributed by atoms with van der Waals surface area (Å²) < 4.78 is 5.44. The topological polar surface area (TPSA) is 58.6 Å². The highest BCUT2D eigenvalue weighted by atomic mass is 16.5. The maximum Gasteiger partial charge on any atom is 0.245 e. The van der Waals surface area contributed by atoms with Crippen molar-refractivity contribution in [3.8, 4) is 0 Å². The summed E-state index contributed by atoms with van der Waals surface area (Å²) in [5, 5.41) is 2.82. The first-order valence-corrected chi connectivity index (χ1v) is 7.02. The van der Waals surface area contributed by atoms with Crippen LogP contribution in [0.3, 0.4) is 0 Å². The Labute approximate surface area is 121 Å². The summed E-state index contributed by atoms with van der Waals surface area (Å²) in [4.78, 5) is 25.9. The summed E-state index contributed by atoms with van der Waals surface area (Å²) in [6.07, 6.45) is 0.346. The van der Waals surface area contributed by atoms with Crippen LogP contribution in [-0.4, -0.2) is 49.1 Å². The molecule has 5 heteroatoms. The predicted molar refractivity (Wildman–Crippen MR) is 78.2 cm³/mol. The van der Waals surface area contributed by atoms with Crippen LogP contribution in [0.1, 0.15) is 34.1 Å². The quantitative estimate of drug-likeness (QED) is 0.611. The number of ether oxygens (including phenoxy) is 1. The van der Waals surface area contributed by atoms with Crippen LogP contribution in [0, 0.1) is 5.41 Å². The predicted octanol–water partition coefficient (Wildman–Crippen LogP) is 1.34. The molecule has 0 spiro atoms. The van der Waals surface area contributed by atoms with E-state index in [1.165, 1.54) is 0 Å². The second-order valence-corrected chi connectivity index (χ2v) is 6.45. The molecule has 114 valence electrons. The average molecular weight is 282 g/mol. The molecule has 0 radical (unpaired) electrons. The zero-order valence-electron chi connectivity index (χ0n) is 13.0. The van der Waals surface area contributed by atoms with Gasteiger partial charge in [0.05, 0.1) is 13.2 Å².